The predicted octanol–water partition coefficient (Wildman–Crippen LogP) is 7.26. The van der Waals surface area contributed by atoms with Gasteiger partial charge in [-0.15, -0.1) is 15.3 Å². The molecule has 0 spiro atoms. The quantitative estimate of drug-likeness (QED) is 0.295. The fraction of sp³-hybridized carbons (Fsp3) is 0.923. The van der Waals surface area contributed by atoms with Gasteiger partial charge >= 0.3 is 7.87 Å². The van der Waals surface area contributed by atoms with Gasteiger partial charge in [0.25, 0.3) is 0 Å². The van der Waals surface area contributed by atoms with E-state index in [2.05, 4.69) is 26.4 Å². The summed E-state index contributed by atoms with van der Waals surface area (Å²) in [5.74, 6) is 0. The molecule has 4 N–H and O–H groups in total. The summed E-state index contributed by atoms with van der Waals surface area (Å²) < 4.78 is 0. The maximum atomic E-state index is 4.28. The fourth-order valence-electron chi connectivity index (χ4n) is 6.23. The van der Waals surface area contributed by atoms with Crippen LogP contribution in [0.25, 0.3) is 0 Å². The van der Waals surface area contributed by atoms with Crippen LogP contribution in [0.15, 0.2) is 11.8 Å². The monoisotopic (exact) mass is 449 g/mol. The molecule has 4 aliphatic carbocycles. The Morgan fingerprint density at radius 2 is 0.935 bits per heavy atom. The molecule has 0 aromatic carbocycles. The van der Waals surface area contributed by atoms with Crippen molar-refractivity contribution in [2.24, 2.45) is 0 Å². The van der Waals surface area contributed by atoms with Gasteiger partial charge in [0.05, 0.1) is 0 Å². The molecule has 4 rings (SSSR count). The summed E-state index contributed by atoms with van der Waals surface area (Å²) >= 11 is 0. The van der Waals surface area contributed by atoms with Crippen molar-refractivity contribution >= 4 is 7.87 Å². The van der Waals surface area contributed by atoms with E-state index in [9.17, 15) is 0 Å². The number of hydrogen-bond acceptors (Lipinski definition) is 4. The van der Waals surface area contributed by atoms with Gasteiger partial charge in [0.1, 0.15) is 0 Å². The molecule has 0 aromatic rings. The second-order valence-electron chi connectivity index (χ2n) is 10.9. The third-order valence-electron chi connectivity index (χ3n) is 8.05. The van der Waals surface area contributed by atoms with E-state index >= 15 is 0 Å². The van der Waals surface area contributed by atoms with Crippen LogP contribution in [0.5, 0.6) is 0 Å². The number of allylic oxidation sites excluding steroid dienone is 2. The van der Waals surface area contributed by atoms with E-state index < -0.39 is 7.87 Å². The van der Waals surface area contributed by atoms with Crippen LogP contribution in [0, 0.1) is 0 Å². The fourth-order valence-corrected chi connectivity index (χ4v) is 9.70. The van der Waals surface area contributed by atoms with Gasteiger partial charge in [-0.25, -0.2) is 5.09 Å². The van der Waals surface area contributed by atoms with Crippen molar-refractivity contribution in [1.29, 1.82) is 0 Å². The van der Waals surface area contributed by atoms with Crippen molar-refractivity contribution in [3.05, 3.63) is 11.8 Å². The molecule has 0 amide bonds. The Labute approximate surface area is 193 Å². The van der Waals surface area contributed by atoms with Gasteiger partial charge < -0.3 is 0 Å². The van der Waals surface area contributed by atoms with Crippen molar-refractivity contribution in [2.45, 2.75) is 153 Å². The normalized spacial score (nSPS) is 27.8. The molecule has 0 aliphatic heterocycles. The van der Waals surface area contributed by atoms with Gasteiger partial charge in [-0.05, 0) is 64.2 Å². The largest absolute Gasteiger partial charge is 0.322 e. The van der Waals surface area contributed by atoms with Crippen LogP contribution in [-0.2, 0) is 0 Å². The average Bonchev–Trinajstić information content (AvgIpc) is 2.78. The molecule has 178 valence electrons. The minimum Gasteiger partial charge on any atom is -0.219 e. The minimum absolute atomic E-state index is 0.663. The average molecular weight is 450 g/mol. The lowest BCUT2D eigenvalue weighted by Gasteiger charge is -2.39. The summed E-state index contributed by atoms with van der Waals surface area (Å²) in [6.45, 7) is 0. The third kappa shape index (κ3) is 7.98. The maximum absolute atomic E-state index is 4.28. The number of rotatable bonds is 8. The zero-order chi connectivity index (χ0) is 21.2. The van der Waals surface area contributed by atoms with Crippen LogP contribution < -0.4 is 20.3 Å². The molecule has 0 aromatic heterocycles. The number of hydrogen-bond donors (Lipinski definition) is 4. The molecular formula is C26H50N4P+. The topological polar surface area (TPSA) is 48.1 Å². The van der Waals surface area contributed by atoms with E-state index in [1.54, 1.807) is 0 Å². The van der Waals surface area contributed by atoms with E-state index in [1.807, 2.05) is 0 Å². The highest BCUT2D eigenvalue weighted by Gasteiger charge is 2.46. The Balaban J connectivity index is 1.55. The SMILES string of the molecule is C1=C(/N[P+](NC2CCCCC2)(NC2CCCCC2)NC2CCCCC2)CCCCCC/1. The molecule has 0 radical (unpaired) electrons. The van der Waals surface area contributed by atoms with E-state index in [1.165, 1.54) is 141 Å². The van der Waals surface area contributed by atoms with Crippen LogP contribution in [0.3, 0.4) is 0 Å². The lowest BCUT2D eigenvalue weighted by atomic mass is 9.96. The maximum Gasteiger partial charge on any atom is 0.322 e. The highest BCUT2D eigenvalue weighted by Crippen LogP contribution is 2.48. The van der Waals surface area contributed by atoms with Gasteiger partial charge in [-0.3, -0.25) is 0 Å². The second kappa shape index (κ2) is 12.9. The summed E-state index contributed by atoms with van der Waals surface area (Å²) in [6, 6.07) is 1.99. The zero-order valence-electron chi connectivity index (χ0n) is 20.1. The Hall–Kier alpha value is -0.150. The highest BCUT2D eigenvalue weighted by molar-refractivity contribution is 7.68. The van der Waals surface area contributed by atoms with Crippen molar-refractivity contribution in [2.75, 3.05) is 0 Å². The van der Waals surface area contributed by atoms with Gasteiger partial charge in [0.15, 0.2) is 0 Å². The van der Waals surface area contributed by atoms with Crippen molar-refractivity contribution in [3.8, 4) is 0 Å². The zero-order valence-corrected chi connectivity index (χ0v) is 21.0. The molecule has 4 aliphatic rings. The van der Waals surface area contributed by atoms with E-state index in [-0.39, 0.29) is 0 Å². The molecule has 0 bridgehead atoms. The molecule has 0 atom stereocenters. The van der Waals surface area contributed by atoms with Crippen molar-refractivity contribution < 1.29 is 0 Å². The van der Waals surface area contributed by atoms with Gasteiger partial charge in [0.2, 0.25) is 0 Å². The second-order valence-corrected chi connectivity index (χ2v) is 13.2. The third-order valence-corrected chi connectivity index (χ3v) is 10.9. The Bertz CT molecular complexity index is 483. The van der Waals surface area contributed by atoms with E-state index in [4.69, 9.17) is 0 Å². The van der Waals surface area contributed by atoms with Crippen LogP contribution in [0.2, 0.25) is 0 Å². The molecule has 4 nitrogen and oxygen atoms in total. The molecule has 3 saturated carbocycles. The van der Waals surface area contributed by atoms with Crippen LogP contribution >= 0.6 is 7.87 Å². The van der Waals surface area contributed by atoms with E-state index in [0.29, 0.717) is 18.1 Å². The van der Waals surface area contributed by atoms with Crippen molar-refractivity contribution in [3.63, 3.8) is 0 Å². The minimum atomic E-state index is -1.87. The summed E-state index contributed by atoms with van der Waals surface area (Å²) in [6.07, 6.45) is 31.3. The van der Waals surface area contributed by atoms with Gasteiger partial charge in [-0.1, -0.05) is 76.7 Å². The standard InChI is InChI=1S/C26H50N4P/c1-2-7-15-23(16-8-3-1)27-31(28-24-17-9-4-10-18-24,29-25-19-11-5-12-20-25)30-26-21-13-6-14-22-26/h15,24-30H,1-14,16-22H2/q+1/b23-15+. The van der Waals surface area contributed by atoms with Gasteiger partial charge in [0, 0.05) is 23.8 Å². The Morgan fingerprint density at radius 1 is 0.516 bits per heavy atom. The first-order valence-electron chi connectivity index (χ1n) is 14.0. The molecular weight excluding hydrogens is 399 g/mol. The molecule has 0 heterocycles. The van der Waals surface area contributed by atoms with Crippen LogP contribution in [-0.4, -0.2) is 18.1 Å². The van der Waals surface area contributed by atoms with E-state index in [0.717, 1.165) is 0 Å². The summed E-state index contributed by atoms with van der Waals surface area (Å²) in [7, 11) is -1.87. The van der Waals surface area contributed by atoms with Crippen LogP contribution in [0.4, 0.5) is 0 Å². The molecule has 0 saturated heterocycles. The first kappa shape index (κ1) is 24.0. The lowest BCUT2D eigenvalue weighted by molar-refractivity contribution is 0.381. The van der Waals surface area contributed by atoms with Crippen LogP contribution in [0.1, 0.15) is 135 Å². The van der Waals surface area contributed by atoms with Crippen molar-refractivity contribution in [1.82, 2.24) is 20.3 Å². The summed E-state index contributed by atoms with van der Waals surface area (Å²) in [5.41, 5.74) is 1.52. The van der Waals surface area contributed by atoms with Gasteiger partial charge in [-0.2, -0.15) is 0 Å². The first-order valence-corrected chi connectivity index (χ1v) is 15.8. The molecule has 3 fully saturated rings. The summed E-state index contributed by atoms with van der Waals surface area (Å²) in [4.78, 5) is 0. The lowest BCUT2D eigenvalue weighted by Crippen LogP contribution is -2.54. The molecule has 0 unspecified atom stereocenters. The molecule has 31 heavy (non-hydrogen) atoms. The predicted molar refractivity (Wildman–Crippen MR) is 136 cm³/mol. The summed E-state index contributed by atoms with van der Waals surface area (Å²) in [5, 5.41) is 17.1. The Morgan fingerprint density at radius 3 is 1.42 bits per heavy atom. The number of nitrogens with one attached hydrogen (secondary N) is 4. The highest BCUT2D eigenvalue weighted by atomic mass is 31.2. The first-order chi connectivity index (χ1) is 15.3. The smallest absolute Gasteiger partial charge is 0.219 e. The molecule has 5 heteroatoms. The Kier molecular flexibility index (Phi) is 10.00.